The smallest absolute Gasteiger partial charge is 0.241 e. The molecular formula is C12H15ClN2O3S. The van der Waals surface area contributed by atoms with Crippen LogP contribution in [0.4, 0.5) is 0 Å². The molecule has 7 heteroatoms. The van der Waals surface area contributed by atoms with E-state index in [4.69, 9.17) is 16.9 Å². The second-order valence-corrected chi connectivity index (χ2v) is 6.85. The first-order chi connectivity index (χ1) is 8.60. The molecule has 0 spiro atoms. The van der Waals surface area contributed by atoms with E-state index in [1.807, 2.05) is 6.07 Å². The first-order valence-electron chi connectivity index (χ1n) is 5.52. The fourth-order valence-electron chi connectivity index (χ4n) is 1.24. The summed E-state index contributed by atoms with van der Waals surface area (Å²) in [5, 5.41) is 18.3. The first kappa shape index (κ1) is 15.9. The van der Waals surface area contributed by atoms with Gasteiger partial charge in [-0.15, -0.1) is 0 Å². The maximum atomic E-state index is 12.1. The third-order valence-electron chi connectivity index (χ3n) is 2.81. The van der Waals surface area contributed by atoms with Gasteiger partial charge in [-0.1, -0.05) is 11.6 Å². The van der Waals surface area contributed by atoms with Crippen LogP contribution in [0.2, 0.25) is 5.02 Å². The van der Waals surface area contributed by atoms with Crippen molar-refractivity contribution >= 4 is 21.6 Å². The Balaban J connectivity index is 3.16. The molecule has 0 saturated heterocycles. The second-order valence-electron chi connectivity index (χ2n) is 4.76. The van der Waals surface area contributed by atoms with Crippen molar-refractivity contribution in [3.05, 3.63) is 28.8 Å². The topological polar surface area (TPSA) is 90.2 Å². The average Bonchev–Trinajstić information content (AvgIpc) is 2.27. The highest BCUT2D eigenvalue weighted by Gasteiger charge is 2.30. The van der Waals surface area contributed by atoms with E-state index in [-0.39, 0.29) is 15.5 Å². The Morgan fingerprint density at radius 3 is 2.47 bits per heavy atom. The lowest BCUT2D eigenvalue weighted by Crippen LogP contribution is -2.50. The van der Waals surface area contributed by atoms with Gasteiger partial charge in [-0.3, -0.25) is 0 Å². The molecule has 0 aliphatic heterocycles. The summed E-state index contributed by atoms with van der Waals surface area (Å²) in [6.07, 6.45) is -0.865. The number of benzene rings is 1. The summed E-state index contributed by atoms with van der Waals surface area (Å²) in [4.78, 5) is -0.0507. The van der Waals surface area contributed by atoms with Crippen LogP contribution >= 0.6 is 11.6 Å². The van der Waals surface area contributed by atoms with E-state index >= 15 is 0 Å². The lowest BCUT2D eigenvalue weighted by atomic mass is 10.0. The third kappa shape index (κ3) is 3.67. The molecule has 1 aromatic carbocycles. The van der Waals surface area contributed by atoms with Crippen molar-refractivity contribution < 1.29 is 13.5 Å². The number of halogens is 1. The molecule has 0 bridgehead atoms. The van der Waals surface area contributed by atoms with Gasteiger partial charge in [0.1, 0.15) is 6.07 Å². The van der Waals surface area contributed by atoms with Crippen molar-refractivity contribution in [3.8, 4) is 6.07 Å². The molecule has 104 valence electrons. The van der Waals surface area contributed by atoms with Crippen molar-refractivity contribution in [3.63, 3.8) is 0 Å². The molecule has 0 saturated carbocycles. The number of hydrogen-bond acceptors (Lipinski definition) is 4. The number of rotatable bonds is 4. The van der Waals surface area contributed by atoms with Crippen LogP contribution in [0.3, 0.4) is 0 Å². The van der Waals surface area contributed by atoms with E-state index in [1.54, 1.807) is 13.8 Å². The van der Waals surface area contributed by atoms with Crippen molar-refractivity contribution in [2.45, 2.75) is 37.3 Å². The Morgan fingerprint density at radius 2 is 2.05 bits per heavy atom. The van der Waals surface area contributed by atoms with E-state index in [1.165, 1.54) is 25.1 Å². The number of aliphatic hydroxyl groups is 1. The average molecular weight is 303 g/mol. The summed E-state index contributed by atoms with van der Waals surface area (Å²) in [6.45, 7) is 4.63. The van der Waals surface area contributed by atoms with Crippen LogP contribution in [0, 0.1) is 11.3 Å². The van der Waals surface area contributed by atoms with Gasteiger partial charge >= 0.3 is 0 Å². The summed E-state index contributed by atoms with van der Waals surface area (Å²) >= 11 is 5.81. The highest BCUT2D eigenvalue weighted by Crippen LogP contribution is 2.22. The van der Waals surface area contributed by atoms with Crippen LogP contribution in [-0.4, -0.2) is 25.2 Å². The van der Waals surface area contributed by atoms with Crippen LogP contribution in [0.1, 0.15) is 26.3 Å². The Labute approximate surface area is 117 Å². The quantitative estimate of drug-likeness (QED) is 0.885. The summed E-state index contributed by atoms with van der Waals surface area (Å²) in [6, 6.07) is 5.70. The molecule has 0 aromatic heterocycles. The molecular weight excluding hydrogens is 288 g/mol. The highest BCUT2D eigenvalue weighted by atomic mass is 35.5. The van der Waals surface area contributed by atoms with Crippen LogP contribution in [0.5, 0.6) is 0 Å². The minimum Gasteiger partial charge on any atom is -0.391 e. The van der Waals surface area contributed by atoms with Gasteiger partial charge in [0.05, 0.1) is 27.1 Å². The van der Waals surface area contributed by atoms with Gasteiger partial charge in [-0.05, 0) is 39.0 Å². The molecule has 0 amide bonds. The molecule has 2 N–H and O–H groups in total. The molecule has 1 aromatic rings. The van der Waals surface area contributed by atoms with Crippen LogP contribution < -0.4 is 4.72 Å². The number of nitrogens with one attached hydrogen (secondary N) is 1. The number of nitriles is 1. The fourth-order valence-corrected chi connectivity index (χ4v) is 3.03. The van der Waals surface area contributed by atoms with Crippen molar-refractivity contribution in [2.75, 3.05) is 0 Å². The summed E-state index contributed by atoms with van der Waals surface area (Å²) in [5.74, 6) is 0. The zero-order valence-corrected chi connectivity index (χ0v) is 12.4. The minimum atomic E-state index is -3.81. The first-order valence-corrected chi connectivity index (χ1v) is 7.38. The maximum absolute atomic E-state index is 12.1. The van der Waals surface area contributed by atoms with Gasteiger partial charge < -0.3 is 5.11 Å². The Hall–Kier alpha value is -1.13. The molecule has 0 aliphatic rings. The largest absolute Gasteiger partial charge is 0.391 e. The minimum absolute atomic E-state index is 0.0507. The zero-order chi connectivity index (χ0) is 14.8. The number of hydrogen-bond donors (Lipinski definition) is 2. The van der Waals surface area contributed by atoms with Gasteiger partial charge in [0.15, 0.2) is 0 Å². The molecule has 0 heterocycles. The highest BCUT2D eigenvalue weighted by molar-refractivity contribution is 7.89. The van der Waals surface area contributed by atoms with Crippen molar-refractivity contribution in [1.29, 1.82) is 5.26 Å². The number of aliphatic hydroxyl groups excluding tert-OH is 1. The Morgan fingerprint density at radius 1 is 1.47 bits per heavy atom. The normalized spacial score (nSPS) is 13.9. The monoisotopic (exact) mass is 302 g/mol. The second kappa shape index (κ2) is 5.47. The SMILES string of the molecule is CC(O)C(C)(C)NS(=O)(=O)c1ccc(C#N)c(Cl)c1. The van der Waals surface area contributed by atoms with Crippen LogP contribution in [-0.2, 0) is 10.0 Å². The van der Waals surface area contributed by atoms with Gasteiger partial charge in [-0.2, -0.15) is 5.26 Å². The molecule has 5 nitrogen and oxygen atoms in total. The number of sulfonamides is 1. The predicted molar refractivity (Wildman–Crippen MR) is 72.2 cm³/mol. The van der Waals surface area contributed by atoms with E-state index in [0.29, 0.717) is 0 Å². The Kier molecular flexibility index (Phi) is 4.59. The van der Waals surface area contributed by atoms with Crippen LogP contribution in [0.25, 0.3) is 0 Å². The summed E-state index contributed by atoms with van der Waals surface area (Å²) < 4.78 is 26.7. The molecule has 1 atom stereocenters. The molecule has 0 aliphatic carbocycles. The molecule has 0 fully saturated rings. The van der Waals surface area contributed by atoms with E-state index in [2.05, 4.69) is 4.72 Å². The lowest BCUT2D eigenvalue weighted by molar-refractivity contribution is 0.111. The maximum Gasteiger partial charge on any atom is 0.241 e. The lowest BCUT2D eigenvalue weighted by Gasteiger charge is -2.28. The third-order valence-corrected chi connectivity index (χ3v) is 4.80. The molecule has 19 heavy (non-hydrogen) atoms. The van der Waals surface area contributed by atoms with E-state index in [9.17, 15) is 13.5 Å². The Bertz CT molecular complexity index is 618. The molecule has 0 radical (unpaired) electrons. The standard InChI is InChI=1S/C12H15ClN2O3S/c1-8(16)12(2,3)15-19(17,18)10-5-4-9(7-14)11(13)6-10/h4-6,8,15-16H,1-3H3. The summed E-state index contributed by atoms with van der Waals surface area (Å²) in [5.41, 5.74) is -0.811. The van der Waals surface area contributed by atoms with Gasteiger partial charge in [0.25, 0.3) is 0 Å². The number of nitrogens with zero attached hydrogens (tertiary/aromatic N) is 1. The van der Waals surface area contributed by atoms with Crippen molar-refractivity contribution in [2.24, 2.45) is 0 Å². The summed E-state index contributed by atoms with van der Waals surface area (Å²) in [7, 11) is -3.81. The fraction of sp³-hybridized carbons (Fsp3) is 0.417. The van der Waals surface area contributed by atoms with E-state index < -0.39 is 21.7 Å². The van der Waals surface area contributed by atoms with Gasteiger partial charge in [0.2, 0.25) is 10.0 Å². The van der Waals surface area contributed by atoms with Crippen LogP contribution in [0.15, 0.2) is 23.1 Å². The van der Waals surface area contributed by atoms with E-state index in [0.717, 1.165) is 0 Å². The van der Waals surface area contributed by atoms with Gasteiger partial charge in [-0.25, -0.2) is 13.1 Å². The predicted octanol–water partition coefficient (Wildman–Crippen LogP) is 1.65. The zero-order valence-electron chi connectivity index (χ0n) is 10.8. The van der Waals surface area contributed by atoms with Gasteiger partial charge in [0, 0.05) is 0 Å². The molecule has 1 unspecified atom stereocenters. The molecule has 1 rings (SSSR count). The van der Waals surface area contributed by atoms with Crippen molar-refractivity contribution in [1.82, 2.24) is 4.72 Å².